The van der Waals surface area contributed by atoms with Crippen molar-refractivity contribution in [2.45, 2.75) is 42.8 Å². The van der Waals surface area contributed by atoms with Crippen molar-refractivity contribution in [3.8, 4) is 0 Å². The maximum absolute atomic E-state index is 12.3. The average molecular weight is 359 g/mol. The first kappa shape index (κ1) is 18.6. The van der Waals surface area contributed by atoms with Crippen LogP contribution < -0.4 is 5.32 Å². The van der Waals surface area contributed by atoms with E-state index in [4.69, 9.17) is 4.74 Å². The Hall–Kier alpha value is -0.700. The summed E-state index contributed by atoms with van der Waals surface area (Å²) in [6, 6.07) is 0.376. The quantitative estimate of drug-likeness (QED) is 0.716. The number of carbonyl (C=O) groups is 1. The third-order valence-corrected chi connectivity index (χ3v) is 5.72. The Morgan fingerprint density at radius 2 is 2.17 bits per heavy atom. The van der Waals surface area contributed by atoms with Crippen molar-refractivity contribution in [1.29, 1.82) is 0 Å². The summed E-state index contributed by atoms with van der Waals surface area (Å²) in [5.41, 5.74) is 1.68. The summed E-state index contributed by atoms with van der Waals surface area (Å²) in [4.78, 5) is 14.8. The Morgan fingerprint density at radius 1 is 1.43 bits per heavy atom. The van der Waals surface area contributed by atoms with E-state index >= 15 is 0 Å². The third-order valence-electron chi connectivity index (χ3n) is 3.80. The average Bonchev–Trinajstić information content (AvgIpc) is 3.04. The van der Waals surface area contributed by atoms with Gasteiger partial charge in [0.25, 0.3) is 0 Å². The van der Waals surface area contributed by atoms with Crippen LogP contribution in [0.1, 0.15) is 27.2 Å². The molecule has 0 aliphatic carbocycles. The summed E-state index contributed by atoms with van der Waals surface area (Å²) in [6.45, 7) is 10.5. The number of ether oxygens (including phenoxy) is 1. The van der Waals surface area contributed by atoms with Crippen molar-refractivity contribution < 1.29 is 9.53 Å². The van der Waals surface area contributed by atoms with Crippen LogP contribution in [-0.2, 0) is 9.53 Å². The second-order valence-electron chi connectivity index (χ2n) is 6.14. The lowest BCUT2D eigenvalue weighted by Crippen LogP contribution is -2.50. The van der Waals surface area contributed by atoms with Gasteiger partial charge in [0.1, 0.15) is 5.51 Å². The van der Waals surface area contributed by atoms with E-state index in [0.717, 1.165) is 37.1 Å². The zero-order valence-electron chi connectivity index (χ0n) is 14.0. The van der Waals surface area contributed by atoms with E-state index in [1.807, 2.05) is 6.92 Å². The first-order valence-electron chi connectivity index (χ1n) is 8.08. The molecule has 0 unspecified atom stereocenters. The van der Waals surface area contributed by atoms with Crippen molar-refractivity contribution in [2.24, 2.45) is 5.92 Å². The fourth-order valence-electron chi connectivity index (χ4n) is 2.63. The lowest BCUT2D eigenvalue weighted by Gasteiger charge is -2.35. The number of thioether (sulfide) groups is 1. The maximum atomic E-state index is 12.3. The van der Waals surface area contributed by atoms with Gasteiger partial charge >= 0.3 is 0 Å². The topological polar surface area (TPSA) is 67.4 Å². The molecule has 0 saturated carbocycles. The summed E-state index contributed by atoms with van der Waals surface area (Å²) in [6.07, 6.45) is 1.08. The van der Waals surface area contributed by atoms with Gasteiger partial charge in [-0.05, 0) is 19.3 Å². The Balaban J connectivity index is 1.82. The highest BCUT2D eigenvalue weighted by Crippen LogP contribution is 2.24. The molecule has 0 spiro atoms. The van der Waals surface area contributed by atoms with E-state index in [0.29, 0.717) is 18.5 Å². The minimum absolute atomic E-state index is 0.0622. The molecule has 6 nitrogen and oxygen atoms in total. The van der Waals surface area contributed by atoms with Gasteiger partial charge in [0.2, 0.25) is 5.91 Å². The smallest absolute Gasteiger partial charge is 0.233 e. The minimum Gasteiger partial charge on any atom is -0.379 e. The standard InChI is InChI=1S/C15H26N4O2S2/c1-11(2)8-13(19-4-6-21-7-5-19)9-16-14(20)12(3)23-15-18-17-10-22-15/h10-13H,4-9H2,1-3H3,(H,16,20)/t12-,13+/m0/s1. The number of rotatable bonds is 8. The van der Waals surface area contributed by atoms with E-state index in [2.05, 4.69) is 34.3 Å². The molecule has 1 amide bonds. The van der Waals surface area contributed by atoms with Crippen LogP contribution >= 0.6 is 23.1 Å². The molecule has 1 aromatic heterocycles. The molecule has 1 aliphatic heterocycles. The molecule has 1 N–H and O–H groups in total. The zero-order valence-corrected chi connectivity index (χ0v) is 15.7. The molecule has 2 atom stereocenters. The molecule has 23 heavy (non-hydrogen) atoms. The van der Waals surface area contributed by atoms with Crippen molar-refractivity contribution in [1.82, 2.24) is 20.4 Å². The molecule has 0 bridgehead atoms. The molecular formula is C15H26N4O2S2. The van der Waals surface area contributed by atoms with Crippen molar-refractivity contribution >= 4 is 29.0 Å². The molecule has 1 aromatic rings. The fraction of sp³-hybridized carbons (Fsp3) is 0.800. The number of carbonyl (C=O) groups excluding carboxylic acids is 1. The number of nitrogens with zero attached hydrogens (tertiary/aromatic N) is 3. The predicted octanol–water partition coefficient (Wildman–Crippen LogP) is 1.88. The van der Waals surface area contributed by atoms with E-state index in [1.54, 1.807) is 5.51 Å². The van der Waals surface area contributed by atoms with Crippen molar-refractivity contribution in [3.63, 3.8) is 0 Å². The van der Waals surface area contributed by atoms with Crippen molar-refractivity contribution in [2.75, 3.05) is 32.8 Å². The SMILES string of the molecule is CC(C)C[C@H](CNC(=O)[C@H](C)Sc1nncs1)N1CCOCC1. The summed E-state index contributed by atoms with van der Waals surface area (Å²) in [7, 11) is 0. The molecular weight excluding hydrogens is 332 g/mol. The highest BCUT2D eigenvalue weighted by Gasteiger charge is 2.24. The second-order valence-corrected chi connectivity index (χ2v) is 8.56. The molecule has 130 valence electrons. The van der Waals surface area contributed by atoms with E-state index in [-0.39, 0.29) is 11.2 Å². The minimum atomic E-state index is -0.160. The highest BCUT2D eigenvalue weighted by molar-refractivity contribution is 8.02. The van der Waals surface area contributed by atoms with Gasteiger partial charge in [0.15, 0.2) is 4.34 Å². The van der Waals surface area contributed by atoms with Gasteiger partial charge in [-0.25, -0.2) is 0 Å². The van der Waals surface area contributed by atoms with Gasteiger partial charge < -0.3 is 10.1 Å². The van der Waals surface area contributed by atoms with Crippen LogP contribution in [0.5, 0.6) is 0 Å². The van der Waals surface area contributed by atoms with E-state index in [9.17, 15) is 4.79 Å². The van der Waals surface area contributed by atoms with Crippen LogP contribution in [0.2, 0.25) is 0 Å². The monoisotopic (exact) mass is 358 g/mol. The fourth-order valence-corrected chi connectivity index (χ4v) is 4.28. The van der Waals surface area contributed by atoms with Crippen LogP contribution in [0.4, 0.5) is 0 Å². The molecule has 0 aromatic carbocycles. The Bertz CT molecular complexity index is 464. The Labute approximate surface area is 146 Å². The summed E-state index contributed by atoms with van der Waals surface area (Å²) >= 11 is 2.92. The highest BCUT2D eigenvalue weighted by atomic mass is 32.2. The molecule has 2 heterocycles. The van der Waals surface area contributed by atoms with Crippen molar-refractivity contribution in [3.05, 3.63) is 5.51 Å². The van der Waals surface area contributed by atoms with Crippen LogP contribution in [0.3, 0.4) is 0 Å². The van der Waals surface area contributed by atoms with Gasteiger partial charge in [-0.15, -0.1) is 10.2 Å². The summed E-state index contributed by atoms with van der Waals surface area (Å²) < 4.78 is 6.27. The first-order valence-corrected chi connectivity index (χ1v) is 9.84. The predicted molar refractivity (Wildman–Crippen MR) is 93.9 cm³/mol. The van der Waals surface area contributed by atoms with Gasteiger partial charge in [-0.2, -0.15) is 0 Å². The number of morpholine rings is 1. The van der Waals surface area contributed by atoms with E-state index in [1.165, 1.54) is 23.1 Å². The Morgan fingerprint density at radius 3 is 2.78 bits per heavy atom. The number of hydrogen-bond donors (Lipinski definition) is 1. The van der Waals surface area contributed by atoms with Gasteiger partial charge in [0, 0.05) is 25.7 Å². The number of aromatic nitrogens is 2. The van der Waals surface area contributed by atoms with Crippen LogP contribution in [-0.4, -0.2) is 65.1 Å². The zero-order chi connectivity index (χ0) is 16.7. The van der Waals surface area contributed by atoms with Gasteiger partial charge in [-0.3, -0.25) is 9.69 Å². The van der Waals surface area contributed by atoms with Gasteiger partial charge in [-0.1, -0.05) is 36.9 Å². The largest absolute Gasteiger partial charge is 0.379 e. The normalized spacial score (nSPS) is 18.8. The van der Waals surface area contributed by atoms with E-state index < -0.39 is 0 Å². The molecule has 2 rings (SSSR count). The summed E-state index contributed by atoms with van der Waals surface area (Å²) in [5.74, 6) is 0.667. The second kappa shape index (κ2) is 9.56. The maximum Gasteiger partial charge on any atom is 0.233 e. The number of amides is 1. The van der Waals surface area contributed by atoms with Crippen LogP contribution in [0.25, 0.3) is 0 Å². The van der Waals surface area contributed by atoms with Gasteiger partial charge in [0.05, 0.1) is 18.5 Å². The summed E-state index contributed by atoms with van der Waals surface area (Å²) in [5, 5.41) is 10.7. The molecule has 1 aliphatic rings. The molecule has 0 radical (unpaired) electrons. The number of hydrogen-bond acceptors (Lipinski definition) is 7. The Kier molecular flexibility index (Phi) is 7.75. The molecule has 1 fully saturated rings. The van der Waals surface area contributed by atoms with Crippen LogP contribution in [0, 0.1) is 5.92 Å². The van der Waals surface area contributed by atoms with Crippen LogP contribution in [0.15, 0.2) is 9.85 Å². The lowest BCUT2D eigenvalue weighted by molar-refractivity contribution is -0.120. The molecule has 8 heteroatoms. The first-order chi connectivity index (χ1) is 11.1. The molecule has 1 saturated heterocycles. The number of nitrogens with one attached hydrogen (secondary N) is 1. The lowest BCUT2D eigenvalue weighted by atomic mass is 10.0. The third kappa shape index (κ3) is 6.37.